The fourth-order valence-electron chi connectivity index (χ4n) is 2.29. The van der Waals surface area contributed by atoms with Gasteiger partial charge in [-0.2, -0.15) is 5.26 Å². The van der Waals surface area contributed by atoms with Crippen molar-refractivity contribution in [3.05, 3.63) is 83.6 Å². The number of benzene rings is 2. The maximum Gasteiger partial charge on any atom is 0.124 e. The molecule has 0 aliphatic heterocycles. The fourth-order valence-corrected chi connectivity index (χ4v) is 2.29. The van der Waals surface area contributed by atoms with E-state index >= 15 is 0 Å². The van der Waals surface area contributed by atoms with Crippen LogP contribution in [0.25, 0.3) is 23.4 Å². The second-order valence-electron chi connectivity index (χ2n) is 5.06. The zero-order valence-corrected chi connectivity index (χ0v) is 12.3. The van der Waals surface area contributed by atoms with E-state index in [1.54, 1.807) is 24.4 Å². The van der Waals surface area contributed by atoms with Crippen LogP contribution in [0.5, 0.6) is 5.75 Å². The zero-order chi connectivity index (χ0) is 16.1. The molecule has 1 heterocycles. The number of hydrogen-bond acceptors (Lipinski definition) is 3. The minimum absolute atomic E-state index is 0.211. The summed E-state index contributed by atoms with van der Waals surface area (Å²) in [4.78, 5) is 4.32. The molecule has 1 N–H and O–H groups in total. The van der Waals surface area contributed by atoms with Crippen molar-refractivity contribution < 1.29 is 5.11 Å². The van der Waals surface area contributed by atoms with Gasteiger partial charge in [0.2, 0.25) is 0 Å². The molecular weight excluding hydrogens is 284 g/mol. The number of hydrogen-bond donors (Lipinski definition) is 1. The molecule has 0 fully saturated rings. The topological polar surface area (TPSA) is 56.9 Å². The minimum Gasteiger partial charge on any atom is -0.507 e. The van der Waals surface area contributed by atoms with Gasteiger partial charge in [-0.3, -0.25) is 4.98 Å². The molecule has 0 amide bonds. The van der Waals surface area contributed by atoms with Crippen molar-refractivity contribution in [3.63, 3.8) is 0 Å². The van der Waals surface area contributed by atoms with Crippen molar-refractivity contribution in [2.24, 2.45) is 0 Å². The van der Waals surface area contributed by atoms with Gasteiger partial charge in [0.25, 0.3) is 0 Å². The Bertz CT molecular complexity index is 907. The smallest absolute Gasteiger partial charge is 0.124 e. The van der Waals surface area contributed by atoms with Gasteiger partial charge in [0, 0.05) is 11.8 Å². The van der Waals surface area contributed by atoms with Gasteiger partial charge in [0.15, 0.2) is 0 Å². The number of aromatic nitrogens is 1. The van der Waals surface area contributed by atoms with Crippen LogP contribution >= 0.6 is 0 Å². The van der Waals surface area contributed by atoms with Gasteiger partial charge in [-0.15, -0.1) is 0 Å². The van der Waals surface area contributed by atoms with E-state index in [0.29, 0.717) is 11.1 Å². The zero-order valence-electron chi connectivity index (χ0n) is 12.3. The third-order valence-electron chi connectivity index (χ3n) is 3.45. The maximum absolute atomic E-state index is 9.93. The van der Waals surface area contributed by atoms with Gasteiger partial charge < -0.3 is 5.11 Å². The molecule has 0 unspecified atom stereocenters. The Labute approximate surface area is 134 Å². The van der Waals surface area contributed by atoms with E-state index in [4.69, 9.17) is 5.26 Å². The predicted molar refractivity (Wildman–Crippen MR) is 91.4 cm³/mol. The first kappa shape index (κ1) is 14.6. The van der Waals surface area contributed by atoms with Crippen molar-refractivity contribution in [2.75, 3.05) is 0 Å². The second kappa shape index (κ2) is 6.59. The van der Waals surface area contributed by atoms with Crippen molar-refractivity contribution in [2.45, 2.75) is 0 Å². The monoisotopic (exact) mass is 298 g/mol. The Balaban J connectivity index is 1.90. The van der Waals surface area contributed by atoms with Crippen LogP contribution in [0.4, 0.5) is 0 Å². The molecule has 0 aliphatic carbocycles. The second-order valence-corrected chi connectivity index (χ2v) is 5.06. The van der Waals surface area contributed by atoms with E-state index in [0.717, 1.165) is 16.8 Å². The quantitative estimate of drug-likeness (QED) is 0.774. The SMILES string of the molecule is N#Cc1cccc(/C=C/c2ccnc(-c3ccccc3O)c2)c1. The number of pyridine rings is 1. The Morgan fingerprint density at radius 3 is 2.48 bits per heavy atom. The van der Waals surface area contributed by atoms with Gasteiger partial charge >= 0.3 is 0 Å². The van der Waals surface area contributed by atoms with Gasteiger partial charge in [-0.25, -0.2) is 0 Å². The Morgan fingerprint density at radius 1 is 0.913 bits per heavy atom. The average Bonchev–Trinajstić information content (AvgIpc) is 2.61. The summed E-state index contributed by atoms with van der Waals surface area (Å²) in [5.41, 5.74) is 3.99. The summed E-state index contributed by atoms with van der Waals surface area (Å²) in [6.07, 6.45) is 5.62. The molecule has 3 heteroatoms. The molecule has 0 saturated heterocycles. The van der Waals surface area contributed by atoms with Gasteiger partial charge in [0.1, 0.15) is 5.75 Å². The summed E-state index contributed by atoms with van der Waals surface area (Å²) < 4.78 is 0. The van der Waals surface area contributed by atoms with Crippen LogP contribution in [-0.2, 0) is 0 Å². The van der Waals surface area contributed by atoms with Crippen LogP contribution in [0.1, 0.15) is 16.7 Å². The van der Waals surface area contributed by atoms with Gasteiger partial charge in [-0.1, -0.05) is 36.4 Å². The van der Waals surface area contributed by atoms with E-state index < -0.39 is 0 Å². The number of phenolic OH excluding ortho intramolecular Hbond substituents is 1. The van der Waals surface area contributed by atoms with E-state index in [1.165, 1.54) is 0 Å². The normalized spacial score (nSPS) is 10.6. The number of rotatable bonds is 3. The Kier molecular flexibility index (Phi) is 4.17. The first-order valence-electron chi connectivity index (χ1n) is 7.19. The number of nitrogens with zero attached hydrogens (tertiary/aromatic N) is 2. The number of nitriles is 1. The standard InChI is InChI=1S/C20H14N2O/c21-14-17-5-3-4-15(12-17)8-9-16-10-11-22-19(13-16)18-6-1-2-7-20(18)23/h1-13,23H/b9-8+. The molecule has 2 aromatic carbocycles. The van der Waals surface area contributed by atoms with E-state index in [2.05, 4.69) is 11.1 Å². The summed E-state index contributed by atoms with van der Waals surface area (Å²) in [5.74, 6) is 0.211. The van der Waals surface area contributed by atoms with E-state index in [-0.39, 0.29) is 5.75 Å². The summed E-state index contributed by atoms with van der Waals surface area (Å²) in [6.45, 7) is 0. The molecular formula is C20H14N2O. The third kappa shape index (κ3) is 3.45. The number of phenols is 1. The molecule has 0 bridgehead atoms. The molecule has 0 saturated carbocycles. The van der Waals surface area contributed by atoms with Crippen LogP contribution in [0.2, 0.25) is 0 Å². The molecule has 3 rings (SSSR count). The highest BCUT2D eigenvalue weighted by atomic mass is 16.3. The fraction of sp³-hybridized carbons (Fsp3) is 0. The minimum atomic E-state index is 0.211. The molecule has 1 aromatic heterocycles. The lowest BCUT2D eigenvalue weighted by atomic mass is 10.1. The highest BCUT2D eigenvalue weighted by molar-refractivity contribution is 5.74. The van der Waals surface area contributed by atoms with Crippen LogP contribution in [0.15, 0.2) is 66.9 Å². The van der Waals surface area contributed by atoms with Crippen molar-refractivity contribution in [3.8, 4) is 23.1 Å². The highest BCUT2D eigenvalue weighted by Crippen LogP contribution is 2.27. The summed E-state index contributed by atoms with van der Waals surface area (Å²) in [6, 6.07) is 20.5. The van der Waals surface area contributed by atoms with Crippen molar-refractivity contribution >= 4 is 12.2 Å². The van der Waals surface area contributed by atoms with E-state index in [9.17, 15) is 5.11 Å². The highest BCUT2D eigenvalue weighted by Gasteiger charge is 2.04. The van der Waals surface area contributed by atoms with Crippen molar-refractivity contribution in [1.29, 1.82) is 5.26 Å². The molecule has 0 atom stereocenters. The van der Waals surface area contributed by atoms with Crippen LogP contribution in [0.3, 0.4) is 0 Å². The summed E-state index contributed by atoms with van der Waals surface area (Å²) in [7, 11) is 0. The molecule has 3 nitrogen and oxygen atoms in total. The number of aromatic hydroxyl groups is 1. The average molecular weight is 298 g/mol. The number of para-hydroxylation sites is 1. The largest absolute Gasteiger partial charge is 0.507 e. The Morgan fingerprint density at radius 2 is 1.70 bits per heavy atom. The lowest BCUT2D eigenvalue weighted by molar-refractivity contribution is 0.477. The van der Waals surface area contributed by atoms with Crippen LogP contribution in [-0.4, -0.2) is 10.1 Å². The van der Waals surface area contributed by atoms with E-state index in [1.807, 2.05) is 54.6 Å². The first-order chi connectivity index (χ1) is 11.3. The molecule has 0 aliphatic rings. The predicted octanol–water partition coefficient (Wildman–Crippen LogP) is 4.50. The Hall–Kier alpha value is -3.38. The van der Waals surface area contributed by atoms with Gasteiger partial charge in [0.05, 0.1) is 17.3 Å². The molecule has 3 aromatic rings. The van der Waals surface area contributed by atoms with Crippen LogP contribution < -0.4 is 0 Å². The van der Waals surface area contributed by atoms with Gasteiger partial charge in [-0.05, 0) is 47.5 Å². The lowest BCUT2D eigenvalue weighted by Gasteiger charge is -2.04. The molecule has 110 valence electrons. The van der Waals surface area contributed by atoms with Crippen molar-refractivity contribution in [1.82, 2.24) is 4.98 Å². The molecule has 23 heavy (non-hydrogen) atoms. The first-order valence-corrected chi connectivity index (χ1v) is 7.19. The lowest BCUT2D eigenvalue weighted by Crippen LogP contribution is -1.85. The summed E-state index contributed by atoms with van der Waals surface area (Å²) in [5, 5.41) is 18.9. The summed E-state index contributed by atoms with van der Waals surface area (Å²) >= 11 is 0. The molecule has 0 radical (unpaired) electrons. The molecule has 0 spiro atoms. The maximum atomic E-state index is 9.93. The third-order valence-corrected chi connectivity index (χ3v) is 3.45. The van der Waals surface area contributed by atoms with Crippen LogP contribution in [0, 0.1) is 11.3 Å².